The van der Waals surface area contributed by atoms with Gasteiger partial charge in [0, 0.05) is 32.4 Å². The van der Waals surface area contributed by atoms with Crippen LogP contribution >= 0.6 is 0 Å². The molecule has 0 unspecified atom stereocenters. The first kappa shape index (κ1) is 15.3. The molecule has 1 rings (SSSR count). The maximum absolute atomic E-state index is 13.4. The number of nitrogens with one attached hydrogen (secondary N) is 2. The summed E-state index contributed by atoms with van der Waals surface area (Å²) in [6, 6.07) is 1.13. The second-order valence-corrected chi connectivity index (χ2v) is 3.59. The molecule has 19 heavy (non-hydrogen) atoms. The highest BCUT2D eigenvalue weighted by Gasteiger charge is 2.10. The molecule has 0 amide bonds. The Labute approximate surface area is 108 Å². The normalized spacial score (nSPS) is 11.5. The molecule has 1 aromatic carbocycles. The van der Waals surface area contributed by atoms with Crippen molar-refractivity contribution in [1.82, 2.24) is 5.43 Å². The molecule has 1 aromatic rings. The Hall–Kier alpha value is -1.80. The Morgan fingerprint density at radius 3 is 2.58 bits per heavy atom. The van der Waals surface area contributed by atoms with Crippen LogP contribution in [0.4, 0.5) is 18.9 Å². The minimum atomic E-state index is -1.26. The van der Waals surface area contributed by atoms with E-state index in [9.17, 15) is 13.2 Å². The minimum absolute atomic E-state index is 0.0426. The van der Waals surface area contributed by atoms with Crippen LogP contribution in [0.3, 0.4) is 0 Å². The van der Waals surface area contributed by atoms with E-state index in [4.69, 9.17) is 10.6 Å². The van der Waals surface area contributed by atoms with E-state index in [0.29, 0.717) is 31.7 Å². The summed E-state index contributed by atoms with van der Waals surface area (Å²) in [4.78, 5) is 3.97. The van der Waals surface area contributed by atoms with Gasteiger partial charge in [-0.05, 0) is 6.42 Å². The fourth-order valence-electron chi connectivity index (χ4n) is 1.27. The van der Waals surface area contributed by atoms with Crippen molar-refractivity contribution in [3.63, 3.8) is 0 Å². The van der Waals surface area contributed by atoms with Gasteiger partial charge in [0.15, 0.2) is 11.6 Å². The lowest BCUT2D eigenvalue weighted by Crippen LogP contribution is -2.36. The van der Waals surface area contributed by atoms with Gasteiger partial charge in [-0.3, -0.25) is 10.4 Å². The van der Waals surface area contributed by atoms with E-state index in [1.54, 1.807) is 7.11 Å². The molecule has 0 spiro atoms. The quantitative estimate of drug-likeness (QED) is 0.190. The zero-order valence-corrected chi connectivity index (χ0v) is 10.3. The molecule has 0 aromatic heterocycles. The summed E-state index contributed by atoms with van der Waals surface area (Å²) < 4.78 is 43.9. The van der Waals surface area contributed by atoms with Gasteiger partial charge in [0.05, 0.1) is 5.69 Å². The Morgan fingerprint density at radius 2 is 1.95 bits per heavy atom. The number of nitrogens with two attached hydrogens (primary N) is 1. The molecule has 106 valence electrons. The third-order valence-corrected chi connectivity index (χ3v) is 2.18. The van der Waals surface area contributed by atoms with Crippen LogP contribution in [-0.4, -0.2) is 26.2 Å². The number of hydrogen-bond donors (Lipinski definition) is 3. The third-order valence-electron chi connectivity index (χ3n) is 2.18. The van der Waals surface area contributed by atoms with Gasteiger partial charge in [0.1, 0.15) is 5.82 Å². The van der Waals surface area contributed by atoms with Crippen LogP contribution in [0.5, 0.6) is 0 Å². The van der Waals surface area contributed by atoms with E-state index in [1.807, 2.05) is 0 Å². The summed E-state index contributed by atoms with van der Waals surface area (Å²) in [5.41, 5.74) is 1.94. The topological polar surface area (TPSA) is 71.7 Å². The van der Waals surface area contributed by atoms with Crippen LogP contribution in [0.1, 0.15) is 6.42 Å². The van der Waals surface area contributed by atoms with E-state index >= 15 is 0 Å². The van der Waals surface area contributed by atoms with Gasteiger partial charge in [0.25, 0.3) is 0 Å². The average molecular weight is 276 g/mol. The van der Waals surface area contributed by atoms with Gasteiger partial charge in [-0.1, -0.05) is 0 Å². The molecule has 0 bridgehead atoms. The van der Waals surface area contributed by atoms with Crippen molar-refractivity contribution >= 4 is 11.6 Å². The molecular weight excluding hydrogens is 261 g/mol. The van der Waals surface area contributed by atoms with Crippen LogP contribution in [0.25, 0.3) is 0 Å². The molecule has 0 atom stereocenters. The van der Waals surface area contributed by atoms with Crippen molar-refractivity contribution in [2.45, 2.75) is 6.42 Å². The SMILES string of the molecule is COCCCN=C(NN)Nc1cc(F)c(F)cc1F. The lowest BCUT2D eigenvalue weighted by Gasteiger charge is -2.10. The standard InChI is InChI=1S/C11H15F3N4O/c1-19-4-2-3-16-11(18-15)17-10-6-8(13)7(12)5-9(10)14/h5-6H,2-4,15H2,1H3,(H2,16,17,18). The van der Waals surface area contributed by atoms with Crippen LogP contribution < -0.4 is 16.6 Å². The number of nitrogens with zero attached hydrogens (tertiary/aromatic N) is 1. The highest BCUT2D eigenvalue weighted by Crippen LogP contribution is 2.18. The van der Waals surface area contributed by atoms with Gasteiger partial charge in [-0.2, -0.15) is 0 Å². The molecule has 0 radical (unpaired) electrons. The van der Waals surface area contributed by atoms with Gasteiger partial charge in [-0.15, -0.1) is 0 Å². The number of ether oxygens (including phenoxy) is 1. The van der Waals surface area contributed by atoms with Gasteiger partial charge in [-0.25, -0.2) is 19.0 Å². The van der Waals surface area contributed by atoms with E-state index in [-0.39, 0.29) is 11.6 Å². The number of anilines is 1. The summed E-state index contributed by atoms with van der Waals surface area (Å²) in [6.07, 6.45) is 0.642. The number of hydrazine groups is 1. The Morgan fingerprint density at radius 1 is 1.26 bits per heavy atom. The van der Waals surface area contributed by atoms with Crippen molar-refractivity contribution < 1.29 is 17.9 Å². The fourth-order valence-corrected chi connectivity index (χ4v) is 1.27. The van der Waals surface area contributed by atoms with Gasteiger partial charge in [0.2, 0.25) is 5.96 Å². The molecule has 0 aliphatic carbocycles. The van der Waals surface area contributed by atoms with Crippen molar-refractivity contribution in [2.24, 2.45) is 10.8 Å². The molecule has 0 fully saturated rings. The molecule has 0 heterocycles. The minimum Gasteiger partial charge on any atom is -0.385 e. The predicted octanol–water partition coefficient (Wildman–Crippen LogP) is 1.37. The maximum atomic E-state index is 13.4. The first-order valence-electron chi connectivity index (χ1n) is 5.50. The number of hydrogen-bond acceptors (Lipinski definition) is 3. The summed E-state index contributed by atoms with van der Waals surface area (Å²) in [5.74, 6) is 1.86. The lowest BCUT2D eigenvalue weighted by atomic mass is 10.3. The lowest BCUT2D eigenvalue weighted by molar-refractivity contribution is 0.197. The highest BCUT2D eigenvalue weighted by molar-refractivity contribution is 5.93. The first-order chi connectivity index (χ1) is 9.08. The van der Waals surface area contributed by atoms with Crippen LogP contribution in [0.2, 0.25) is 0 Å². The van der Waals surface area contributed by atoms with Crippen LogP contribution in [0.15, 0.2) is 17.1 Å². The van der Waals surface area contributed by atoms with Gasteiger partial charge < -0.3 is 10.1 Å². The molecule has 5 nitrogen and oxygen atoms in total. The van der Waals surface area contributed by atoms with Gasteiger partial charge >= 0.3 is 0 Å². The molecular formula is C11H15F3N4O. The third kappa shape index (κ3) is 4.76. The summed E-state index contributed by atoms with van der Waals surface area (Å²) in [6.45, 7) is 0.895. The Balaban J connectivity index is 2.72. The number of guanidine groups is 1. The van der Waals surface area contributed by atoms with Crippen LogP contribution in [-0.2, 0) is 4.74 Å². The molecule has 4 N–H and O–H groups in total. The summed E-state index contributed by atoms with van der Waals surface area (Å²) in [5, 5.41) is 2.43. The van der Waals surface area contributed by atoms with E-state index in [1.165, 1.54) is 0 Å². The van der Waals surface area contributed by atoms with E-state index in [2.05, 4.69) is 15.7 Å². The molecule has 0 aliphatic rings. The zero-order chi connectivity index (χ0) is 14.3. The summed E-state index contributed by atoms with van der Waals surface area (Å²) in [7, 11) is 1.56. The predicted molar refractivity (Wildman–Crippen MR) is 66.1 cm³/mol. The number of aliphatic imine (C=N–C) groups is 1. The number of rotatable bonds is 5. The second kappa shape index (κ2) is 7.59. The highest BCUT2D eigenvalue weighted by atomic mass is 19.2. The maximum Gasteiger partial charge on any atom is 0.210 e. The zero-order valence-electron chi connectivity index (χ0n) is 10.3. The molecule has 8 heteroatoms. The van der Waals surface area contributed by atoms with Crippen molar-refractivity contribution in [2.75, 3.05) is 25.6 Å². The van der Waals surface area contributed by atoms with Crippen LogP contribution in [0, 0.1) is 17.5 Å². The fraction of sp³-hybridized carbons (Fsp3) is 0.364. The van der Waals surface area contributed by atoms with E-state index in [0.717, 1.165) is 0 Å². The molecule has 0 saturated carbocycles. The van der Waals surface area contributed by atoms with E-state index < -0.39 is 17.5 Å². The smallest absolute Gasteiger partial charge is 0.210 e. The number of benzene rings is 1. The van der Waals surface area contributed by atoms with Crippen molar-refractivity contribution in [3.05, 3.63) is 29.6 Å². The second-order valence-electron chi connectivity index (χ2n) is 3.59. The molecule has 0 aliphatic heterocycles. The monoisotopic (exact) mass is 276 g/mol. The van der Waals surface area contributed by atoms with Crippen molar-refractivity contribution in [3.8, 4) is 0 Å². The summed E-state index contributed by atoms with van der Waals surface area (Å²) >= 11 is 0. The van der Waals surface area contributed by atoms with Crippen molar-refractivity contribution in [1.29, 1.82) is 0 Å². The number of halogens is 3. The number of methoxy groups -OCH3 is 1. The first-order valence-corrected chi connectivity index (χ1v) is 5.50. The largest absolute Gasteiger partial charge is 0.385 e. The Kier molecular flexibility index (Phi) is 6.10. The molecule has 0 saturated heterocycles. The Bertz CT molecular complexity index is 454. The average Bonchev–Trinajstić information content (AvgIpc) is 2.39.